The molecule has 0 aliphatic carbocycles. The maximum absolute atomic E-state index is 13.4. The molecule has 4 aliphatic heterocycles. The molecular formula is C26H27BrN2O6. The maximum atomic E-state index is 13.4. The molecule has 1 fully saturated rings. The Balaban J connectivity index is 1.24. The monoisotopic (exact) mass is 542 g/mol. The van der Waals surface area contributed by atoms with Crippen LogP contribution in [0.15, 0.2) is 28.4 Å². The summed E-state index contributed by atoms with van der Waals surface area (Å²) in [6.45, 7) is 9.29. The number of fused-ring (bicyclic) bond motifs is 3. The smallest absolute Gasteiger partial charge is 0.231 e. The van der Waals surface area contributed by atoms with E-state index in [0.29, 0.717) is 24.7 Å². The lowest BCUT2D eigenvalue weighted by Gasteiger charge is -2.33. The first kappa shape index (κ1) is 23.0. The van der Waals surface area contributed by atoms with Crippen molar-refractivity contribution in [3.8, 4) is 17.2 Å². The van der Waals surface area contributed by atoms with Crippen molar-refractivity contribution < 1.29 is 28.5 Å². The van der Waals surface area contributed by atoms with Gasteiger partial charge in [-0.05, 0) is 31.2 Å². The van der Waals surface area contributed by atoms with Crippen molar-refractivity contribution in [2.75, 3.05) is 52.9 Å². The van der Waals surface area contributed by atoms with Crippen molar-refractivity contribution in [1.29, 1.82) is 0 Å². The largest absolute Gasteiger partial charge is 0.477 e. The molecule has 35 heavy (non-hydrogen) atoms. The van der Waals surface area contributed by atoms with Gasteiger partial charge in [0.15, 0.2) is 12.6 Å². The van der Waals surface area contributed by atoms with Gasteiger partial charge >= 0.3 is 0 Å². The number of carbonyl (C=O) groups excluding carboxylic acids is 1. The molecule has 0 unspecified atom stereocenters. The van der Waals surface area contributed by atoms with Gasteiger partial charge in [-0.15, -0.1) is 0 Å². The number of rotatable bonds is 4. The van der Waals surface area contributed by atoms with Gasteiger partial charge in [-0.25, -0.2) is 0 Å². The Morgan fingerprint density at radius 1 is 0.971 bits per heavy atom. The van der Waals surface area contributed by atoms with E-state index in [1.165, 1.54) is 0 Å². The summed E-state index contributed by atoms with van der Waals surface area (Å²) in [7, 11) is 0. The lowest BCUT2D eigenvalue weighted by atomic mass is 9.99. The second kappa shape index (κ2) is 9.55. The van der Waals surface area contributed by atoms with Crippen molar-refractivity contribution in [3.05, 3.63) is 56.2 Å². The summed E-state index contributed by atoms with van der Waals surface area (Å²) in [6.07, 6.45) is 1.76. The molecule has 0 bridgehead atoms. The van der Waals surface area contributed by atoms with Gasteiger partial charge in [0, 0.05) is 59.5 Å². The molecule has 2 aromatic rings. The van der Waals surface area contributed by atoms with Gasteiger partial charge in [-0.3, -0.25) is 14.6 Å². The maximum Gasteiger partial charge on any atom is 0.231 e. The fourth-order valence-corrected chi connectivity index (χ4v) is 5.53. The van der Waals surface area contributed by atoms with Gasteiger partial charge in [0.1, 0.15) is 24.0 Å². The number of allylic oxidation sites excluding steroid dienone is 1. The molecule has 9 heteroatoms. The van der Waals surface area contributed by atoms with Crippen LogP contribution in [0.2, 0.25) is 0 Å². The van der Waals surface area contributed by atoms with Crippen molar-refractivity contribution in [1.82, 2.24) is 9.80 Å². The second-order valence-electron chi connectivity index (χ2n) is 9.18. The van der Waals surface area contributed by atoms with E-state index in [2.05, 4.69) is 25.7 Å². The zero-order valence-electron chi connectivity index (χ0n) is 19.6. The quantitative estimate of drug-likeness (QED) is 0.541. The van der Waals surface area contributed by atoms with Gasteiger partial charge < -0.3 is 23.7 Å². The molecule has 0 spiro atoms. The molecule has 0 N–H and O–H groups in total. The average molecular weight is 543 g/mol. The number of ether oxygens (including phenoxy) is 5. The number of Topliss-reactive ketones (excluding diaryl/α,β-unsaturated/α-hetero) is 1. The topological polar surface area (TPSA) is 69.7 Å². The number of hydrogen-bond donors (Lipinski definition) is 0. The zero-order chi connectivity index (χ0) is 23.9. The highest BCUT2D eigenvalue weighted by molar-refractivity contribution is 9.10. The number of halogens is 1. The van der Waals surface area contributed by atoms with Crippen LogP contribution < -0.4 is 14.2 Å². The normalized spacial score (nSPS) is 21.1. The molecule has 0 radical (unpaired) electrons. The summed E-state index contributed by atoms with van der Waals surface area (Å²) in [5, 5.41) is 0. The van der Waals surface area contributed by atoms with E-state index in [4.69, 9.17) is 23.7 Å². The molecule has 4 heterocycles. The molecule has 0 aromatic heterocycles. The van der Waals surface area contributed by atoms with Gasteiger partial charge in [0.05, 0.1) is 25.4 Å². The molecule has 2 aromatic carbocycles. The van der Waals surface area contributed by atoms with Crippen LogP contribution in [0, 0.1) is 6.92 Å². The third kappa shape index (κ3) is 4.47. The van der Waals surface area contributed by atoms with Gasteiger partial charge in [-0.1, -0.05) is 15.9 Å². The van der Waals surface area contributed by atoms with Gasteiger partial charge in [-0.2, -0.15) is 0 Å². The lowest BCUT2D eigenvalue weighted by molar-refractivity contribution is -0.0165. The van der Waals surface area contributed by atoms with Crippen LogP contribution in [-0.2, 0) is 22.6 Å². The van der Waals surface area contributed by atoms with Crippen LogP contribution in [0.3, 0.4) is 0 Å². The van der Waals surface area contributed by atoms with E-state index in [1.54, 1.807) is 6.08 Å². The predicted molar refractivity (Wildman–Crippen MR) is 132 cm³/mol. The van der Waals surface area contributed by atoms with Crippen LogP contribution in [0.25, 0.3) is 6.08 Å². The lowest BCUT2D eigenvalue weighted by Crippen LogP contribution is -2.43. The summed E-state index contributed by atoms with van der Waals surface area (Å²) in [5.41, 5.74) is 4.18. The molecule has 0 saturated carbocycles. The minimum atomic E-state index is -0.128. The van der Waals surface area contributed by atoms with E-state index in [1.807, 2.05) is 25.1 Å². The van der Waals surface area contributed by atoms with Gasteiger partial charge in [0.2, 0.25) is 5.78 Å². The number of hydrogen-bond acceptors (Lipinski definition) is 8. The average Bonchev–Trinajstić information content (AvgIpc) is 3.18. The molecule has 4 aliphatic rings. The van der Waals surface area contributed by atoms with Crippen molar-refractivity contribution >= 4 is 27.8 Å². The predicted octanol–water partition coefficient (Wildman–Crippen LogP) is 3.72. The van der Waals surface area contributed by atoms with Crippen molar-refractivity contribution in [2.45, 2.75) is 20.1 Å². The first-order valence-electron chi connectivity index (χ1n) is 11.9. The second-order valence-corrected chi connectivity index (χ2v) is 10.1. The van der Waals surface area contributed by atoms with Crippen LogP contribution >= 0.6 is 15.9 Å². The minimum absolute atomic E-state index is 0.128. The Morgan fingerprint density at radius 2 is 1.80 bits per heavy atom. The van der Waals surface area contributed by atoms with Gasteiger partial charge in [0.25, 0.3) is 0 Å². The summed E-state index contributed by atoms with van der Waals surface area (Å²) in [4.78, 5) is 18.0. The highest BCUT2D eigenvalue weighted by Gasteiger charge is 2.34. The number of morpholine rings is 1. The summed E-state index contributed by atoms with van der Waals surface area (Å²) < 4.78 is 29.7. The van der Waals surface area contributed by atoms with E-state index in [-0.39, 0.29) is 18.3 Å². The number of nitrogens with zero attached hydrogens (tertiary/aromatic N) is 2. The first-order valence-corrected chi connectivity index (χ1v) is 12.6. The standard InChI is InChI=1S/C26H27BrN2O6/c1-16-24-18(12-29(14-33-24)3-2-28-4-6-31-7-5-28)10-21-23(30)22(35-25(16)21)11-17-8-20(27)9-19-13-32-15-34-26(17)19/h8-11H,2-7,12-15H2,1H3/b22-11-. The van der Waals surface area contributed by atoms with Crippen molar-refractivity contribution in [3.63, 3.8) is 0 Å². The number of ketones is 1. The molecule has 1 saturated heterocycles. The van der Waals surface area contributed by atoms with E-state index in [9.17, 15) is 4.79 Å². The highest BCUT2D eigenvalue weighted by Crippen LogP contribution is 2.44. The fourth-order valence-electron chi connectivity index (χ4n) is 5.00. The Kier molecular flexibility index (Phi) is 6.28. The van der Waals surface area contributed by atoms with Crippen LogP contribution in [0.5, 0.6) is 17.2 Å². The van der Waals surface area contributed by atoms with Crippen LogP contribution in [0.1, 0.15) is 32.6 Å². The molecular weight excluding hydrogens is 516 g/mol. The number of benzene rings is 2. The van der Waals surface area contributed by atoms with Crippen LogP contribution in [-0.4, -0.2) is 68.5 Å². The van der Waals surface area contributed by atoms with E-state index < -0.39 is 0 Å². The molecule has 6 rings (SSSR count). The summed E-state index contributed by atoms with van der Waals surface area (Å²) in [6, 6.07) is 5.81. The fraction of sp³-hybridized carbons (Fsp3) is 0.423. The van der Waals surface area contributed by atoms with Crippen molar-refractivity contribution in [2.24, 2.45) is 0 Å². The highest BCUT2D eigenvalue weighted by atomic mass is 79.9. The molecule has 0 atom stereocenters. The number of carbonyl (C=O) groups is 1. The SMILES string of the molecule is Cc1c2c(cc3c1O/C(=C\c1cc(Br)cc4c1OCOC4)C3=O)CN(CCN1CCOCC1)CO2. The first-order chi connectivity index (χ1) is 17.1. The molecule has 0 amide bonds. The zero-order valence-corrected chi connectivity index (χ0v) is 21.2. The summed E-state index contributed by atoms with van der Waals surface area (Å²) >= 11 is 3.54. The van der Waals surface area contributed by atoms with E-state index >= 15 is 0 Å². The Morgan fingerprint density at radius 3 is 2.66 bits per heavy atom. The summed E-state index contributed by atoms with van der Waals surface area (Å²) in [5.74, 6) is 2.27. The third-order valence-corrected chi connectivity index (χ3v) is 7.29. The third-order valence-electron chi connectivity index (χ3n) is 6.83. The minimum Gasteiger partial charge on any atom is -0.477 e. The molecule has 8 nitrogen and oxygen atoms in total. The molecule has 184 valence electrons. The van der Waals surface area contributed by atoms with E-state index in [0.717, 1.165) is 84.2 Å². The Bertz CT molecular complexity index is 1210. The van der Waals surface area contributed by atoms with Crippen LogP contribution in [0.4, 0.5) is 0 Å². The Labute approximate surface area is 212 Å². The Hall–Kier alpha value is -2.43.